The molecular weight excluding hydrogens is 422 g/mol. The van der Waals surface area contributed by atoms with Gasteiger partial charge in [-0.05, 0) is 19.3 Å². The van der Waals surface area contributed by atoms with E-state index >= 15 is 0 Å². The summed E-state index contributed by atoms with van der Waals surface area (Å²) in [6, 6.07) is -4.05. The summed E-state index contributed by atoms with van der Waals surface area (Å²) >= 11 is 0. The molecule has 0 aliphatic rings. The minimum atomic E-state index is -1.42. The summed E-state index contributed by atoms with van der Waals surface area (Å²) < 4.78 is 8.97. The van der Waals surface area contributed by atoms with E-state index < -0.39 is 79.1 Å². The van der Waals surface area contributed by atoms with E-state index in [9.17, 15) is 33.6 Å². The van der Waals surface area contributed by atoms with E-state index in [1.165, 1.54) is 0 Å². The van der Waals surface area contributed by atoms with Crippen molar-refractivity contribution in [1.82, 2.24) is 5.32 Å². The smallest absolute Gasteiger partial charge is 0.336 e. The molecule has 0 rings (SSSR count). The van der Waals surface area contributed by atoms with Crippen molar-refractivity contribution in [3.63, 3.8) is 0 Å². The second kappa shape index (κ2) is 13.8. The molecule has 0 unspecified atom stereocenters. The number of nitrogens with two attached hydrogens (primary N) is 2. The lowest BCUT2D eigenvalue weighted by Gasteiger charge is -2.15. The van der Waals surface area contributed by atoms with Crippen molar-refractivity contribution in [1.29, 1.82) is 0 Å². The number of hydrogen-bond donors (Lipinski definition) is 5. The van der Waals surface area contributed by atoms with Crippen LogP contribution in [0.25, 0.3) is 0 Å². The van der Waals surface area contributed by atoms with Crippen LogP contribution in [-0.2, 0) is 43.0 Å². The molecule has 0 radical (unpaired) electrons. The van der Waals surface area contributed by atoms with Gasteiger partial charge in [0.2, 0.25) is 5.91 Å². The van der Waals surface area contributed by atoms with Gasteiger partial charge in [-0.25, -0.2) is 4.79 Å². The fourth-order valence-corrected chi connectivity index (χ4v) is 2.01. The van der Waals surface area contributed by atoms with Gasteiger partial charge in [0.15, 0.2) is 0 Å². The molecule has 0 heterocycles. The fourth-order valence-electron chi connectivity index (χ4n) is 2.01. The first-order valence-corrected chi connectivity index (χ1v) is 9.05. The Hall–Kier alpha value is -3.39. The molecule has 0 fully saturated rings. The molecule has 14 nitrogen and oxygen atoms in total. The first-order chi connectivity index (χ1) is 14.3. The predicted octanol–water partition coefficient (Wildman–Crippen LogP) is -2.20. The van der Waals surface area contributed by atoms with E-state index in [-0.39, 0.29) is 19.3 Å². The van der Waals surface area contributed by atoms with Crippen LogP contribution in [0.4, 0.5) is 0 Å². The average Bonchev–Trinajstić information content (AvgIpc) is 2.66. The average molecular weight is 447 g/mol. The highest BCUT2D eigenvalue weighted by Crippen LogP contribution is 2.06. The Morgan fingerprint density at radius 1 is 0.742 bits per heavy atom. The van der Waals surface area contributed by atoms with E-state index in [1.807, 2.05) is 0 Å². The molecule has 3 atom stereocenters. The molecule has 0 saturated heterocycles. The van der Waals surface area contributed by atoms with Crippen molar-refractivity contribution in [2.24, 2.45) is 11.5 Å². The van der Waals surface area contributed by atoms with Gasteiger partial charge < -0.3 is 36.5 Å². The molecule has 0 aliphatic carbocycles. The zero-order valence-electron chi connectivity index (χ0n) is 16.7. The molecule has 31 heavy (non-hydrogen) atoms. The molecule has 174 valence electrons. The molecule has 0 aromatic carbocycles. The maximum atomic E-state index is 12.0. The van der Waals surface area contributed by atoms with Gasteiger partial charge in [0.25, 0.3) is 0 Å². The van der Waals surface area contributed by atoms with Gasteiger partial charge in [0.1, 0.15) is 18.1 Å². The lowest BCUT2D eigenvalue weighted by atomic mass is 10.1. The molecule has 14 heteroatoms. The third-order valence-electron chi connectivity index (χ3n) is 3.69. The Kier molecular flexibility index (Phi) is 12.3. The van der Waals surface area contributed by atoms with Crippen molar-refractivity contribution in [3.05, 3.63) is 0 Å². The lowest BCUT2D eigenvalue weighted by molar-refractivity contribution is -0.162. The molecule has 7 N–H and O–H groups in total. The Morgan fingerprint density at radius 2 is 1.13 bits per heavy atom. The number of carboxylic acid groups (broad SMARTS) is 2. The fraction of sp³-hybridized carbons (Fsp3) is 0.588. The van der Waals surface area contributed by atoms with Gasteiger partial charge in [-0.15, -0.1) is 0 Å². The standard InChI is InChI=1S/C17H25N3O11/c1-8(21)20-11(17(29)31-14(24)6-3-10(19)16(27)28)4-7-13(23)30-12(22)5-2-9(18)15(25)26/h9-11H,2-7,18-19H2,1H3,(H,20,21)(H,25,26)(H,27,28)/t9-,10-,11-/m0/s1. The van der Waals surface area contributed by atoms with Crippen molar-refractivity contribution < 1.29 is 53.2 Å². The second-order valence-electron chi connectivity index (χ2n) is 6.40. The number of hydrogen-bond acceptors (Lipinski definition) is 11. The normalized spacial score (nSPS) is 13.3. The Labute approximate surface area is 176 Å². The molecule has 0 saturated carbocycles. The largest absolute Gasteiger partial charge is 0.480 e. The molecule has 0 aromatic rings. The minimum Gasteiger partial charge on any atom is -0.480 e. The van der Waals surface area contributed by atoms with Gasteiger partial charge in [0.05, 0.1) is 0 Å². The van der Waals surface area contributed by atoms with Gasteiger partial charge >= 0.3 is 35.8 Å². The number of amides is 1. The quantitative estimate of drug-likeness (QED) is 0.149. The van der Waals surface area contributed by atoms with Crippen LogP contribution in [0.15, 0.2) is 0 Å². The van der Waals surface area contributed by atoms with E-state index in [0.717, 1.165) is 6.92 Å². The number of ether oxygens (including phenoxy) is 2. The third-order valence-corrected chi connectivity index (χ3v) is 3.69. The maximum Gasteiger partial charge on any atom is 0.336 e. The van der Waals surface area contributed by atoms with E-state index in [0.29, 0.717) is 0 Å². The predicted molar refractivity (Wildman–Crippen MR) is 98.7 cm³/mol. The summed E-state index contributed by atoms with van der Waals surface area (Å²) in [5.41, 5.74) is 10.4. The Bertz CT molecular complexity index is 722. The lowest BCUT2D eigenvalue weighted by Crippen LogP contribution is -2.42. The van der Waals surface area contributed by atoms with E-state index in [1.54, 1.807) is 0 Å². The summed E-state index contributed by atoms with van der Waals surface area (Å²) in [6.45, 7) is 1.07. The minimum absolute atomic E-state index is 0.254. The monoisotopic (exact) mass is 447 g/mol. The molecule has 1 amide bonds. The first kappa shape index (κ1) is 27.6. The number of aliphatic carboxylic acids is 2. The van der Waals surface area contributed by atoms with Gasteiger partial charge in [-0.1, -0.05) is 0 Å². The van der Waals surface area contributed by atoms with Gasteiger partial charge in [0, 0.05) is 26.2 Å². The highest BCUT2D eigenvalue weighted by atomic mass is 16.6. The summed E-state index contributed by atoms with van der Waals surface area (Å²) in [5.74, 6) is -7.70. The van der Waals surface area contributed by atoms with Crippen molar-refractivity contribution in [2.45, 2.75) is 63.6 Å². The topological polar surface area (TPSA) is 242 Å². The van der Waals surface area contributed by atoms with E-state index in [2.05, 4.69) is 14.8 Å². The maximum absolute atomic E-state index is 12.0. The summed E-state index contributed by atoms with van der Waals surface area (Å²) in [7, 11) is 0. The van der Waals surface area contributed by atoms with Crippen molar-refractivity contribution in [2.75, 3.05) is 0 Å². The zero-order chi connectivity index (χ0) is 24.1. The molecule has 0 bridgehead atoms. The van der Waals surface area contributed by atoms with Crippen LogP contribution in [0.1, 0.15) is 45.4 Å². The van der Waals surface area contributed by atoms with Gasteiger partial charge in [-0.3, -0.25) is 28.8 Å². The molecule has 0 aromatic heterocycles. The van der Waals surface area contributed by atoms with Crippen LogP contribution in [0.3, 0.4) is 0 Å². The SMILES string of the molecule is CC(=O)N[C@@H](CCC(=O)OC(=O)CC[C@H](N)C(=O)O)C(=O)OC(=O)CC[C@H](N)C(=O)O. The molecule has 0 spiro atoms. The van der Waals surface area contributed by atoms with Gasteiger partial charge in [-0.2, -0.15) is 0 Å². The number of carboxylic acids is 2. The third kappa shape index (κ3) is 12.7. The summed E-state index contributed by atoms with van der Waals surface area (Å²) in [4.78, 5) is 79.3. The van der Waals surface area contributed by atoms with Crippen molar-refractivity contribution in [3.8, 4) is 0 Å². The second-order valence-corrected chi connectivity index (χ2v) is 6.40. The molecular formula is C17H25N3O11. The number of carbonyl (C=O) groups is 7. The van der Waals surface area contributed by atoms with Crippen LogP contribution < -0.4 is 16.8 Å². The highest BCUT2D eigenvalue weighted by Gasteiger charge is 2.26. The molecule has 0 aliphatic heterocycles. The van der Waals surface area contributed by atoms with E-state index in [4.69, 9.17) is 21.7 Å². The first-order valence-electron chi connectivity index (χ1n) is 9.05. The van der Waals surface area contributed by atoms with Crippen LogP contribution in [-0.4, -0.2) is 70.1 Å². The number of rotatable bonds is 13. The number of nitrogens with one attached hydrogen (secondary N) is 1. The van der Waals surface area contributed by atoms with Crippen LogP contribution >= 0.6 is 0 Å². The number of carbonyl (C=O) groups excluding carboxylic acids is 5. The van der Waals surface area contributed by atoms with Crippen LogP contribution in [0.5, 0.6) is 0 Å². The highest BCUT2D eigenvalue weighted by molar-refractivity contribution is 5.92. The Balaban J connectivity index is 4.62. The summed E-state index contributed by atoms with van der Waals surface area (Å²) in [5, 5.41) is 19.4. The Morgan fingerprint density at radius 3 is 1.52 bits per heavy atom. The zero-order valence-corrected chi connectivity index (χ0v) is 16.7. The van der Waals surface area contributed by atoms with Crippen molar-refractivity contribution >= 4 is 41.7 Å². The van der Waals surface area contributed by atoms with Crippen LogP contribution in [0, 0.1) is 0 Å². The summed E-state index contributed by atoms with van der Waals surface area (Å²) in [6.07, 6.45) is -2.33. The number of esters is 4. The van der Waals surface area contributed by atoms with Crippen LogP contribution in [0.2, 0.25) is 0 Å².